The Hall–Kier alpha value is -0.990. The molecule has 2 fully saturated rings. The van der Waals surface area contributed by atoms with Gasteiger partial charge in [-0.25, -0.2) is 0 Å². The number of aromatic nitrogens is 2. The monoisotopic (exact) mass is 178 g/mol. The first-order valence-corrected chi connectivity index (χ1v) is 4.91. The van der Waals surface area contributed by atoms with E-state index in [0.29, 0.717) is 0 Å². The normalized spacial score (nSPS) is 27.6. The molecule has 0 N–H and O–H groups in total. The van der Waals surface area contributed by atoms with Gasteiger partial charge in [0.15, 0.2) is 0 Å². The predicted molar refractivity (Wildman–Crippen MR) is 48.5 cm³/mol. The highest BCUT2D eigenvalue weighted by Crippen LogP contribution is 2.70. The molecular formula is C10H14N2O. The lowest BCUT2D eigenvalue weighted by Crippen LogP contribution is -2.02. The largest absolute Gasteiger partial charge is 0.476 e. The zero-order valence-electron chi connectivity index (χ0n) is 7.86. The van der Waals surface area contributed by atoms with Crippen molar-refractivity contribution in [2.75, 3.05) is 6.61 Å². The molecule has 70 valence electrons. The summed E-state index contributed by atoms with van der Waals surface area (Å²) in [6, 6.07) is 1.92. The third-order valence-electron chi connectivity index (χ3n) is 3.37. The van der Waals surface area contributed by atoms with Gasteiger partial charge in [-0.05, 0) is 30.6 Å². The minimum atomic E-state index is 0.745. The van der Waals surface area contributed by atoms with Crippen molar-refractivity contribution in [1.29, 1.82) is 0 Å². The molecule has 1 unspecified atom stereocenters. The average molecular weight is 178 g/mol. The highest BCUT2D eigenvalue weighted by atomic mass is 16.5. The van der Waals surface area contributed by atoms with Crippen LogP contribution in [0.25, 0.3) is 0 Å². The van der Waals surface area contributed by atoms with Crippen LogP contribution in [0.3, 0.4) is 0 Å². The van der Waals surface area contributed by atoms with Gasteiger partial charge in [-0.15, -0.1) is 5.10 Å². The van der Waals surface area contributed by atoms with Crippen molar-refractivity contribution >= 4 is 0 Å². The lowest BCUT2D eigenvalue weighted by atomic mass is 10.3. The van der Waals surface area contributed by atoms with Gasteiger partial charge in [-0.2, -0.15) is 0 Å². The van der Waals surface area contributed by atoms with Crippen LogP contribution in [0.5, 0.6) is 5.88 Å². The van der Waals surface area contributed by atoms with Crippen LogP contribution in [0.15, 0.2) is 12.3 Å². The van der Waals surface area contributed by atoms with Gasteiger partial charge in [0.1, 0.15) is 0 Å². The van der Waals surface area contributed by atoms with Crippen molar-refractivity contribution in [2.24, 2.45) is 18.4 Å². The number of hydrogen-bond donors (Lipinski definition) is 0. The average Bonchev–Trinajstić information content (AvgIpc) is 2.99. The second-order valence-electron chi connectivity index (χ2n) is 4.40. The first-order valence-electron chi connectivity index (χ1n) is 4.91. The molecule has 2 saturated carbocycles. The highest BCUT2D eigenvalue weighted by molar-refractivity contribution is 5.13. The molecular weight excluding hydrogens is 164 g/mol. The summed E-state index contributed by atoms with van der Waals surface area (Å²) in [7, 11) is 1.91. The Labute approximate surface area is 77.7 Å². The summed E-state index contributed by atoms with van der Waals surface area (Å²) >= 11 is 0. The quantitative estimate of drug-likeness (QED) is 0.703. The van der Waals surface area contributed by atoms with E-state index in [1.807, 2.05) is 19.3 Å². The molecule has 1 aromatic heterocycles. The molecule has 1 spiro atoms. The van der Waals surface area contributed by atoms with Crippen LogP contribution >= 0.6 is 0 Å². The van der Waals surface area contributed by atoms with Crippen molar-refractivity contribution in [2.45, 2.75) is 19.3 Å². The van der Waals surface area contributed by atoms with Gasteiger partial charge in [-0.3, -0.25) is 4.68 Å². The van der Waals surface area contributed by atoms with Gasteiger partial charge in [0, 0.05) is 19.3 Å². The second kappa shape index (κ2) is 2.28. The van der Waals surface area contributed by atoms with Gasteiger partial charge >= 0.3 is 0 Å². The fourth-order valence-corrected chi connectivity index (χ4v) is 2.10. The molecule has 2 aliphatic rings. The molecule has 0 saturated heterocycles. The zero-order valence-corrected chi connectivity index (χ0v) is 7.86. The SMILES string of the molecule is Cn1ccc(OCC2CC23CC3)n1. The van der Waals surface area contributed by atoms with E-state index in [9.17, 15) is 0 Å². The molecule has 0 bridgehead atoms. The van der Waals surface area contributed by atoms with Crippen molar-refractivity contribution in [3.05, 3.63) is 12.3 Å². The van der Waals surface area contributed by atoms with E-state index in [2.05, 4.69) is 5.10 Å². The van der Waals surface area contributed by atoms with Gasteiger partial charge in [0.05, 0.1) is 6.61 Å². The third kappa shape index (κ3) is 1.23. The first kappa shape index (κ1) is 7.42. The Morgan fingerprint density at radius 2 is 2.54 bits per heavy atom. The summed E-state index contributed by atoms with van der Waals surface area (Å²) in [6.45, 7) is 0.872. The van der Waals surface area contributed by atoms with Gasteiger partial charge < -0.3 is 4.74 Å². The van der Waals surface area contributed by atoms with Crippen LogP contribution < -0.4 is 4.74 Å². The maximum absolute atomic E-state index is 5.59. The molecule has 1 atom stereocenters. The molecule has 0 aliphatic heterocycles. The Balaban J connectivity index is 1.53. The molecule has 1 heterocycles. The smallest absolute Gasteiger partial charge is 0.232 e. The number of nitrogens with zero attached hydrogens (tertiary/aromatic N) is 2. The Bertz CT molecular complexity index is 327. The van der Waals surface area contributed by atoms with E-state index in [1.54, 1.807) is 4.68 Å². The Morgan fingerprint density at radius 1 is 1.69 bits per heavy atom. The summed E-state index contributed by atoms with van der Waals surface area (Å²) < 4.78 is 7.37. The van der Waals surface area contributed by atoms with Crippen molar-refractivity contribution < 1.29 is 4.74 Å². The summed E-state index contributed by atoms with van der Waals surface area (Å²) in [6.07, 6.45) is 6.17. The summed E-state index contributed by atoms with van der Waals surface area (Å²) in [4.78, 5) is 0. The van der Waals surface area contributed by atoms with Crippen LogP contribution in [0, 0.1) is 11.3 Å². The minimum absolute atomic E-state index is 0.745. The fraction of sp³-hybridized carbons (Fsp3) is 0.700. The van der Waals surface area contributed by atoms with Crippen LogP contribution in [0.1, 0.15) is 19.3 Å². The molecule has 3 rings (SSSR count). The van der Waals surface area contributed by atoms with Gasteiger partial charge in [-0.1, -0.05) is 0 Å². The molecule has 0 radical (unpaired) electrons. The Kier molecular flexibility index (Phi) is 1.30. The second-order valence-corrected chi connectivity index (χ2v) is 4.40. The minimum Gasteiger partial charge on any atom is -0.476 e. The topological polar surface area (TPSA) is 27.1 Å². The van der Waals surface area contributed by atoms with Crippen molar-refractivity contribution in [3.8, 4) is 5.88 Å². The fourth-order valence-electron chi connectivity index (χ4n) is 2.10. The van der Waals surface area contributed by atoms with Crippen LogP contribution in [-0.2, 0) is 7.05 Å². The van der Waals surface area contributed by atoms with E-state index in [-0.39, 0.29) is 0 Å². The summed E-state index contributed by atoms with van der Waals surface area (Å²) in [5, 5.41) is 4.17. The van der Waals surface area contributed by atoms with Crippen LogP contribution in [0.4, 0.5) is 0 Å². The highest BCUT2D eigenvalue weighted by Gasteiger charge is 2.62. The van der Waals surface area contributed by atoms with E-state index in [0.717, 1.165) is 23.8 Å². The lowest BCUT2D eigenvalue weighted by Gasteiger charge is -2.00. The molecule has 3 heteroatoms. The summed E-state index contributed by atoms with van der Waals surface area (Å²) in [5.74, 6) is 1.60. The number of hydrogen-bond acceptors (Lipinski definition) is 2. The molecule has 0 aromatic carbocycles. The standard InChI is InChI=1S/C10H14N2O/c1-12-5-2-9(11-12)13-7-8-6-10(8)3-4-10/h2,5,8H,3-4,6-7H2,1H3. The zero-order chi connectivity index (χ0) is 8.89. The van der Waals surface area contributed by atoms with E-state index in [1.165, 1.54) is 19.3 Å². The maximum Gasteiger partial charge on any atom is 0.232 e. The van der Waals surface area contributed by atoms with Crippen LogP contribution in [-0.4, -0.2) is 16.4 Å². The number of aryl methyl sites for hydroxylation is 1. The van der Waals surface area contributed by atoms with Gasteiger partial charge in [0.2, 0.25) is 5.88 Å². The third-order valence-corrected chi connectivity index (χ3v) is 3.37. The van der Waals surface area contributed by atoms with E-state index >= 15 is 0 Å². The molecule has 1 aromatic rings. The van der Waals surface area contributed by atoms with E-state index < -0.39 is 0 Å². The molecule has 13 heavy (non-hydrogen) atoms. The predicted octanol–water partition coefficient (Wildman–Crippen LogP) is 1.60. The van der Waals surface area contributed by atoms with Gasteiger partial charge in [0.25, 0.3) is 0 Å². The van der Waals surface area contributed by atoms with E-state index in [4.69, 9.17) is 4.74 Å². The van der Waals surface area contributed by atoms with Crippen LogP contribution in [0.2, 0.25) is 0 Å². The summed E-state index contributed by atoms with van der Waals surface area (Å²) in [5.41, 5.74) is 0.745. The number of ether oxygens (including phenoxy) is 1. The number of rotatable bonds is 3. The molecule has 0 amide bonds. The molecule has 2 aliphatic carbocycles. The lowest BCUT2D eigenvalue weighted by molar-refractivity contribution is 0.276. The first-order chi connectivity index (χ1) is 6.28. The Morgan fingerprint density at radius 3 is 3.08 bits per heavy atom. The maximum atomic E-state index is 5.59. The van der Waals surface area contributed by atoms with Crippen molar-refractivity contribution in [3.63, 3.8) is 0 Å². The van der Waals surface area contributed by atoms with Crippen molar-refractivity contribution in [1.82, 2.24) is 9.78 Å². The molecule has 3 nitrogen and oxygen atoms in total.